The fraction of sp³-hybridized carbons (Fsp3) is 0.583. The Morgan fingerprint density at radius 2 is 2.22 bits per heavy atom. The summed E-state index contributed by atoms with van der Waals surface area (Å²) < 4.78 is 4.86. The van der Waals surface area contributed by atoms with Gasteiger partial charge in [0, 0.05) is 6.54 Å². The van der Waals surface area contributed by atoms with Crippen molar-refractivity contribution < 1.29 is 19.2 Å². The van der Waals surface area contributed by atoms with E-state index in [-0.39, 0.29) is 5.91 Å². The zero-order valence-corrected chi connectivity index (χ0v) is 10.3. The molecule has 1 aromatic rings. The number of nitrogens with zero attached hydrogens (tertiary/aromatic N) is 2. The lowest BCUT2D eigenvalue weighted by Gasteiger charge is -2.26. The number of carboxylic acids is 1. The predicted molar refractivity (Wildman–Crippen MR) is 62.2 cm³/mol. The number of carbonyl (C=O) groups is 2. The number of carbonyl (C=O) groups excluding carboxylic acids is 1. The molecule has 0 radical (unpaired) electrons. The van der Waals surface area contributed by atoms with Gasteiger partial charge in [-0.25, -0.2) is 4.79 Å². The van der Waals surface area contributed by atoms with E-state index in [2.05, 4.69) is 5.16 Å². The number of aromatic nitrogens is 1. The van der Waals surface area contributed by atoms with Gasteiger partial charge in [-0.3, -0.25) is 4.79 Å². The van der Waals surface area contributed by atoms with Crippen LogP contribution in [-0.4, -0.2) is 39.6 Å². The van der Waals surface area contributed by atoms with E-state index in [1.807, 2.05) is 0 Å². The molecule has 1 fully saturated rings. The number of aliphatic carboxylic acids is 1. The summed E-state index contributed by atoms with van der Waals surface area (Å²) in [4.78, 5) is 25.0. The van der Waals surface area contributed by atoms with E-state index in [1.165, 1.54) is 11.1 Å². The molecule has 0 bridgehead atoms. The summed E-state index contributed by atoms with van der Waals surface area (Å²) in [5, 5.41) is 12.8. The van der Waals surface area contributed by atoms with Gasteiger partial charge >= 0.3 is 5.97 Å². The smallest absolute Gasteiger partial charge is 0.326 e. The van der Waals surface area contributed by atoms with Crippen molar-refractivity contribution in [2.45, 2.75) is 38.6 Å². The van der Waals surface area contributed by atoms with Crippen LogP contribution in [0.1, 0.15) is 41.8 Å². The molecule has 2 rings (SSSR count). The van der Waals surface area contributed by atoms with Crippen LogP contribution in [0.5, 0.6) is 0 Å². The summed E-state index contributed by atoms with van der Waals surface area (Å²) in [7, 11) is 0. The molecule has 1 saturated heterocycles. The minimum Gasteiger partial charge on any atom is -0.480 e. The van der Waals surface area contributed by atoms with Crippen LogP contribution >= 0.6 is 0 Å². The van der Waals surface area contributed by atoms with Gasteiger partial charge < -0.3 is 14.5 Å². The van der Waals surface area contributed by atoms with Gasteiger partial charge in [-0.15, -0.1) is 0 Å². The Morgan fingerprint density at radius 3 is 2.83 bits per heavy atom. The van der Waals surface area contributed by atoms with E-state index in [1.54, 1.807) is 6.92 Å². The third-order valence-corrected chi connectivity index (χ3v) is 3.28. The Kier molecular flexibility index (Phi) is 3.64. The van der Waals surface area contributed by atoms with Gasteiger partial charge in [0.05, 0.1) is 6.20 Å². The van der Waals surface area contributed by atoms with Gasteiger partial charge in [-0.2, -0.15) is 0 Å². The summed E-state index contributed by atoms with van der Waals surface area (Å²) >= 11 is 0. The Hall–Kier alpha value is -1.85. The van der Waals surface area contributed by atoms with E-state index in [9.17, 15) is 14.7 Å². The Labute approximate surface area is 105 Å². The third-order valence-electron chi connectivity index (χ3n) is 3.28. The summed E-state index contributed by atoms with van der Waals surface area (Å²) in [6, 6.07) is -0.741. The lowest BCUT2D eigenvalue weighted by Crippen LogP contribution is -2.44. The summed E-state index contributed by atoms with van der Waals surface area (Å²) in [6.45, 7) is 2.12. The second-order valence-electron chi connectivity index (χ2n) is 4.50. The number of hydrogen-bond donors (Lipinski definition) is 1. The molecule has 1 unspecified atom stereocenters. The minimum atomic E-state index is -0.945. The summed E-state index contributed by atoms with van der Waals surface area (Å²) in [5.41, 5.74) is 0.350. The normalized spacial score (nSPS) is 20.5. The van der Waals surface area contributed by atoms with Crippen molar-refractivity contribution in [3.8, 4) is 0 Å². The highest BCUT2D eigenvalue weighted by atomic mass is 16.5. The number of aryl methyl sites for hydroxylation is 1. The Morgan fingerprint density at radius 1 is 1.44 bits per heavy atom. The van der Waals surface area contributed by atoms with Crippen molar-refractivity contribution in [2.24, 2.45) is 0 Å². The van der Waals surface area contributed by atoms with Gasteiger partial charge in [0.25, 0.3) is 5.91 Å². The molecule has 6 heteroatoms. The van der Waals surface area contributed by atoms with Crippen LogP contribution in [0.3, 0.4) is 0 Å². The van der Waals surface area contributed by atoms with Gasteiger partial charge in [0.15, 0.2) is 0 Å². The topological polar surface area (TPSA) is 83.6 Å². The molecule has 1 atom stereocenters. The first kappa shape index (κ1) is 12.6. The number of likely N-dealkylation sites (tertiary alicyclic amines) is 1. The molecule has 1 aromatic heterocycles. The fourth-order valence-electron chi connectivity index (χ4n) is 2.27. The zero-order valence-electron chi connectivity index (χ0n) is 10.3. The number of carboxylic acid groups (broad SMARTS) is 1. The first-order valence-corrected chi connectivity index (χ1v) is 6.06. The van der Waals surface area contributed by atoms with Gasteiger partial charge in [-0.1, -0.05) is 18.0 Å². The average Bonchev–Trinajstić information content (AvgIpc) is 2.63. The summed E-state index contributed by atoms with van der Waals surface area (Å²) in [5.74, 6) is -0.823. The van der Waals surface area contributed by atoms with E-state index in [0.29, 0.717) is 24.3 Å². The molecular formula is C12H16N2O4. The monoisotopic (exact) mass is 252 g/mol. The fourth-order valence-corrected chi connectivity index (χ4v) is 2.27. The van der Waals surface area contributed by atoms with Crippen LogP contribution in [0.25, 0.3) is 0 Å². The van der Waals surface area contributed by atoms with Crippen molar-refractivity contribution in [1.82, 2.24) is 10.1 Å². The molecule has 18 heavy (non-hydrogen) atoms. The quantitative estimate of drug-likeness (QED) is 0.861. The second-order valence-corrected chi connectivity index (χ2v) is 4.50. The van der Waals surface area contributed by atoms with Crippen LogP contribution in [0.4, 0.5) is 0 Å². The molecule has 98 valence electrons. The predicted octanol–water partition coefficient (Wildman–Crippen LogP) is 1.45. The van der Waals surface area contributed by atoms with Crippen molar-refractivity contribution in [2.75, 3.05) is 6.54 Å². The standard InChI is InChI=1S/C12H16N2O4/c1-8-9(7-13-18-8)11(15)14-6-4-2-3-5-10(14)12(16)17/h7,10H,2-6H2,1H3,(H,16,17). The molecule has 0 saturated carbocycles. The highest BCUT2D eigenvalue weighted by Crippen LogP contribution is 2.20. The van der Waals surface area contributed by atoms with E-state index in [0.717, 1.165) is 19.3 Å². The lowest BCUT2D eigenvalue weighted by atomic mass is 10.1. The molecule has 6 nitrogen and oxygen atoms in total. The Bertz CT molecular complexity index is 455. The maximum Gasteiger partial charge on any atom is 0.326 e. The van der Waals surface area contributed by atoms with Crippen LogP contribution in [0.15, 0.2) is 10.7 Å². The molecule has 1 aliphatic rings. The average molecular weight is 252 g/mol. The van der Waals surface area contributed by atoms with Crippen LogP contribution in [0, 0.1) is 6.92 Å². The molecule has 0 aliphatic carbocycles. The van der Waals surface area contributed by atoms with Crippen LogP contribution in [-0.2, 0) is 4.79 Å². The van der Waals surface area contributed by atoms with Crippen LogP contribution in [0.2, 0.25) is 0 Å². The Balaban J connectivity index is 2.25. The second kappa shape index (κ2) is 5.20. The third kappa shape index (κ3) is 2.37. The first-order chi connectivity index (χ1) is 8.61. The lowest BCUT2D eigenvalue weighted by molar-refractivity contribution is -0.142. The molecule has 1 amide bonds. The van der Waals surface area contributed by atoms with E-state index < -0.39 is 12.0 Å². The highest BCUT2D eigenvalue weighted by Gasteiger charge is 2.32. The molecule has 2 heterocycles. The van der Waals surface area contributed by atoms with Crippen molar-refractivity contribution in [3.05, 3.63) is 17.5 Å². The number of amides is 1. The van der Waals surface area contributed by atoms with Gasteiger partial charge in [0.1, 0.15) is 17.4 Å². The largest absolute Gasteiger partial charge is 0.480 e. The van der Waals surface area contributed by atoms with Crippen LogP contribution < -0.4 is 0 Å². The van der Waals surface area contributed by atoms with Gasteiger partial charge in [0.2, 0.25) is 0 Å². The van der Waals surface area contributed by atoms with Crippen molar-refractivity contribution >= 4 is 11.9 Å². The number of rotatable bonds is 2. The molecule has 1 aliphatic heterocycles. The minimum absolute atomic E-state index is 0.303. The summed E-state index contributed by atoms with van der Waals surface area (Å²) in [6.07, 6.45) is 4.48. The maximum absolute atomic E-state index is 12.3. The first-order valence-electron chi connectivity index (χ1n) is 6.06. The van der Waals surface area contributed by atoms with Gasteiger partial charge in [-0.05, 0) is 19.8 Å². The molecule has 0 spiro atoms. The SMILES string of the molecule is Cc1oncc1C(=O)N1CCCCCC1C(=O)O. The molecular weight excluding hydrogens is 236 g/mol. The zero-order chi connectivity index (χ0) is 13.1. The molecule has 1 N–H and O–H groups in total. The van der Waals surface area contributed by atoms with E-state index >= 15 is 0 Å². The number of hydrogen-bond acceptors (Lipinski definition) is 4. The molecule has 0 aromatic carbocycles. The van der Waals surface area contributed by atoms with Crippen molar-refractivity contribution in [1.29, 1.82) is 0 Å². The van der Waals surface area contributed by atoms with Crippen molar-refractivity contribution in [3.63, 3.8) is 0 Å². The highest BCUT2D eigenvalue weighted by molar-refractivity contribution is 5.97. The van der Waals surface area contributed by atoms with E-state index in [4.69, 9.17) is 4.52 Å². The maximum atomic E-state index is 12.3.